The largest absolute Gasteiger partial charge is 0.395 e. The van der Waals surface area contributed by atoms with Crippen LogP contribution in [-0.2, 0) is 0 Å². The second-order valence-electron chi connectivity index (χ2n) is 5.21. The number of hydrogen-bond donors (Lipinski definition) is 2. The molecule has 1 fully saturated rings. The molecule has 1 aromatic carbocycles. The Morgan fingerprint density at radius 2 is 2.05 bits per heavy atom. The summed E-state index contributed by atoms with van der Waals surface area (Å²) in [6.45, 7) is 2.04. The molecule has 2 rings (SSSR count). The molecule has 0 amide bonds. The van der Waals surface area contributed by atoms with E-state index < -0.39 is 6.10 Å². The van der Waals surface area contributed by atoms with Crippen molar-refractivity contribution in [1.82, 2.24) is 0 Å². The third-order valence-corrected chi connectivity index (χ3v) is 3.86. The third-order valence-electron chi connectivity index (χ3n) is 3.86. The first kappa shape index (κ1) is 14.3. The van der Waals surface area contributed by atoms with Crippen LogP contribution in [0.1, 0.15) is 44.3 Å². The molecule has 1 aromatic rings. The van der Waals surface area contributed by atoms with E-state index in [9.17, 15) is 14.6 Å². The Morgan fingerprint density at radius 3 is 2.63 bits per heavy atom. The van der Waals surface area contributed by atoms with Crippen molar-refractivity contribution in [2.45, 2.75) is 44.8 Å². The van der Waals surface area contributed by atoms with Gasteiger partial charge in [-0.1, -0.05) is 25.0 Å². The molecular weight excluding hydrogens is 245 g/mol. The van der Waals surface area contributed by atoms with Gasteiger partial charge < -0.3 is 15.1 Å². The molecule has 0 radical (unpaired) electrons. The molecule has 0 heterocycles. The van der Waals surface area contributed by atoms with E-state index in [1.807, 2.05) is 4.90 Å². The smallest absolute Gasteiger partial charge is 0.146 e. The molecule has 4 heteroatoms. The van der Waals surface area contributed by atoms with Crippen LogP contribution in [0.2, 0.25) is 0 Å². The number of hydrogen-bond acceptors (Lipinski definition) is 3. The molecular formula is C15H22FNO2. The maximum Gasteiger partial charge on any atom is 0.146 e. The summed E-state index contributed by atoms with van der Waals surface area (Å²) in [4.78, 5) is 1.93. The summed E-state index contributed by atoms with van der Waals surface area (Å²) >= 11 is 0. The molecule has 19 heavy (non-hydrogen) atoms. The lowest BCUT2D eigenvalue weighted by atomic mass is 10.0. The zero-order valence-electron chi connectivity index (χ0n) is 11.3. The molecule has 1 aliphatic carbocycles. The van der Waals surface area contributed by atoms with Crippen LogP contribution in [0.4, 0.5) is 10.1 Å². The highest BCUT2D eigenvalue weighted by molar-refractivity contribution is 5.56. The van der Waals surface area contributed by atoms with Crippen molar-refractivity contribution < 1.29 is 14.6 Å². The summed E-state index contributed by atoms with van der Waals surface area (Å²) in [7, 11) is 0. The highest BCUT2D eigenvalue weighted by Crippen LogP contribution is 2.34. The lowest BCUT2D eigenvalue weighted by Crippen LogP contribution is -2.37. The van der Waals surface area contributed by atoms with E-state index in [2.05, 4.69) is 0 Å². The Kier molecular flexibility index (Phi) is 4.77. The van der Waals surface area contributed by atoms with Gasteiger partial charge in [-0.3, -0.25) is 0 Å². The van der Waals surface area contributed by atoms with Gasteiger partial charge in [0.1, 0.15) is 5.82 Å². The summed E-state index contributed by atoms with van der Waals surface area (Å²) in [5.74, 6) is -0.321. The number of para-hydroxylation sites is 1. The molecule has 3 nitrogen and oxygen atoms in total. The normalized spacial score (nSPS) is 17.7. The predicted molar refractivity (Wildman–Crippen MR) is 73.7 cm³/mol. The molecule has 1 saturated carbocycles. The minimum atomic E-state index is -0.715. The van der Waals surface area contributed by atoms with Crippen LogP contribution in [0.5, 0.6) is 0 Å². The van der Waals surface area contributed by atoms with Gasteiger partial charge in [0.15, 0.2) is 0 Å². The molecule has 106 valence electrons. The van der Waals surface area contributed by atoms with Gasteiger partial charge in [-0.05, 0) is 25.8 Å². The van der Waals surface area contributed by atoms with Crippen molar-refractivity contribution in [1.29, 1.82) is 0 Å². The Bertz CT molecular complexity index is 417. The zero-order valence-corrected chi connectivity index (χ0v) is 11.3. The van der Waals surface area contributed by atoms with Gasteiger partial charge in [0.05, 0.1) is 18.4 Å². The predicted octanol–water partition coefficient (Wildman–Crippen LogP) is 2.62. The summed E-state index contributed by atoms with van der Waals surface area (Å²) in [5, 5.41) is 19.1. The standard InChI is InChI=1S/C15H22FNO2/c1-11(19)13-7-4-8-14(16)15(13)17(9-10-18)12-5-2-3-6-12/h4,7-8,11-12,18-19H,2-3,5-6,9-10H2,1H3/t11-/m1/s1. The van der Waals surface area contributed by atoms with Gasteiger partial charge in [0, 0.05) is 18.2 Å². The molecule has 0 aliphatic heterocycles. The second kappa shape index (κ2) is 6.35. The SMILES string of the molecule is C[C@@H](O)c1cccc(F)c1N(CCO)C1CCCC1. The molecule has 0 spiro atoms. The Hall–Kier alpha value is -1.13. The fourth-order valence-electron chi connectivity index (χ4n) is 2.97. The minimum absolute atomic E-state index is 0.00984. The van der Waals surface area contributed by atoms with Crippen LogP contribution in [-0.4, -0.2) is 29.4 Å². The fourth-order valence-corrected chi connectivity index (χ4v) is 2.97. The molecule has 1 atom stereocenters. The number of aliphatic hydroxyl groups excluding tert-OH is 2. The number of aliphatic hydroxyl groups is 2. The zero-order chi connectivity index (χ0) is 13.8. The van der Waals surface area contributed by atoms with E-state index in [0.29, 0.717) is 17.8 Å². The number of halogens is 1. The van der Waals surface area contributed by atoms with Crippen molar-refractivity contribution in [3.8, 4) is 0 Å². The first-order chi connectivity index (χ1) is 9.15. The van der Waals surface area contributed by atoms with Gasteiger partial charge in [-0.15, -0.1) is 0 Å². The first-order valence-corrected chi connectivity index (χ1v) is 6.99. The third kappa shape index (κ3) is 3.07. The van der Waals surface area contributed by atoms with Crippen molar-refractivity contribution in [2.24, 2.45) is 0 Å². The van der Waals surface area contributed by atoms with Crippen LogP contribution < -0.4 is 4.90 Å². The summed E-state index contributed by atoms with van der Waals surface area (Å²) in [6.07, 6.45) is 3.62. The van der Waals surface area contributed by atoms with E-state index in [0.717, 1.165) is 25.7 Å². The number of benzene rings is 1. The topological polar surface area (TPSA) is 43.7 Å². The quantitative estimate of drug-likeness (QED) is 0.862. The maximum absolute atomic E-state index is 14.2. The van der Waals surface area contributed by atoms with E-state index in [1.54, 1.807) is 19.1 Å². The van der Waals surface area contributed by atoms with Crippen LogP contribution >= 0.6 is 0 Å². The molecule has 0 saturated heterocycles. The summed E-state index contributed by atoms with van der Waals surface area (Å²) < 4.78 is 14.2. The van der Waals surface area contributed by atoms with E-state index in [4.69, 9.17) is 0 Å². The van der Waals surface area contributed by atoms with Crippen LogP contribution in [0.25, 0.3) is 0 Å². The Labute approximate surface area is 113 Å². The van der Waals surface area contributed by atoms with Gasteiger partial charge in [0.25, 0.3) is 0 Å². The number of nitrogens with zero attached hydrogens (tertiary/aromatic N) is 1. The van der Waals surface area contributed by atoms with Gasteiger partial charge in [0.2, 0.25) is 0 Å². The second-order valence-corrected chi connectivity index (χ2v) is 5.21. The van der Waals surface area contributed by atoms with Crippen LogP contribution in [0.15, 0.2) is 18.2 Å². The minimum Gasteiger partial charge on any atom is -0.395 e. The van der Waals surface area contributed by atoms with Gasteiger partial charge >= 0.3 is 0 Å². The summed E-state index contributed by atoms with van der Waals surface area (Å²) in [5.41, 5.74) is 1.05. The molecule has 0 bridgehead atoms. The number of rotatable bonds is 5. The summed E-state index contributed by atoms with van der Waals surface area (Å²) in [6, 6.07) is 5.05. The fraction of sp³-hybridized carbons (Fsp3) is 0.600. The molecule has 0 aromatic heterocycles. The lowest BCUT2D eigenvalue weighted by Gasteiger charge is -2.33. The van der Waals surface area contributed by atoms with Crippen LogP contribution in [0, 0.1) is 5.82 Å². The van der Waals surface area contributed by atoms with Crippen molar-refractivity contribution in [2.75, 3.05) is 18.1 Å². The highest BCUT2D eigenvalue weighted by atomic mass is 19.1. The molecule has 1 aliphatic rings. The lowest BCUT2D eigenvalue weighted by molar-refractivity contribution is 0.198. The average molecular weight is 267 g/mol. The Balaban J connectivity index is 2.39. The van der Waals surface area contributed by atoms with Crippen molar-refractivity contribution in [3.63, 3.8) is 0 Å². The molecule has 0 unspecified atom stereocenters. The van der Waals surface area contributed by atoms with Gasteiger partial charge in [-0.2, -0.15) is 0 Å². The monoisotopic (exact) mass is 267 g/mol. The van der Waals surface area contributed by atoms with E-state index >= 15 is 0 Å². The van der Waals surface area contributed by atoms with E-state index in [-0.39, 0.29) is 18.5 Å². The van der Waals surface area contributed by atoms with E-state index in [1.165, 1.54) is 6.07 Å². The maximum atomic E-state index is 14.2. The average Bonchev–Trinajstić information content (AvgIpc) is 2.89. The van der Waals surface area contributed by atoms with Crippen LogP contribution in [0.3, 0.4) is 0 Å². The Morgan fingerprint density at radius 1 is 1.37 bits per heavy atom. The first-order valence-electron chi connectivity index (χ1n) is 6.99. The van der Waals surface area contributed by atoms with Crippen molar-refractivity contribution in [3.05, 3.63) is 29.6 Å². The highest BCUT2D eigenvalue weighted by Gasteiger charge is 2.27. The number of anilines is 1. The van der Waals surface area contributed by atoms with Crippen molar-refractivity contribution >= 4 is 5.69 Å². The molecule has 2 N–H and O–H groups in total. The van der Waals surface area contributed by atoms with Gasteiger partial charge in [-0.25, -0.2) is 4.39 Å².